The summed E-state index contributed by atoms with van der Waals surface area (Å²) in [6.07, 6.45) is 1.94. The van der Waals surface area contributed by atoms with Crippen LogP contribution in [0, 0.1) is 0 Å². The minimum absolute atomic E-state index is 0.133. The SMILES string of the molecule is COc1cccc(-n2c(=O)c3ccccc3n3c(SC)nnc23)c1. The molecule has 24 heavy (non-hydrogen) atoms. The Labute approximate surface area is 141 Å². The van der Waals surface area contributed by atoms with E-state index in [0.717, 1.165) is 10.7 Å². The predicted molar refractivity (Wildman–Crippen MR) is 94.4 cm³/mol. The molecular weight excluding hydrogens is 324 g/mol. The van der Waals surface area contributed by atoms with Crippen molar-refractivity contribution in [3.63, 3.8) is 0 Å². The molecule has 0 aliphatic rings. The molecule has 0 saturated carbocycles. The first-order chi connectivity index (χ1) is 11.7. The van der Waals surface area contributed by atoms with Gasteiger partial charge in [-0.3, -0.25) is 9.20 Å². The summed E-state index contributed by atoms with van der Waals surface area (Å²) in [5.74, 6) is 1.16. The van der Waals surface area contributed by atoms with Gasteiger partial charge in [0.15, 0.2) is 5.16 Å². The summed E-state index contributed by atoms with van der Waals surface area (Å²) in [6, 6.07) is 14.8. The summed E-state index contributed by atoms with van der Waals surface area (Å²) in [4.78, 5) is 13.1. The maximum Gasteiger partial charge on any atom is 0.267 e. The molecule has 2 heterocycles. The second-order valence-corrected chi connectivity index (χ2v) is 5.95. The summed E-state index contributed by atoms with van der Waals surface area (Å²) in [5, 5.41) is 9.81. The zero-order valence-electron chi connectivity index (χ0n) is 13.1. The molecule has 0 bridgehead atoms. The number of hydrogen-bond acceptors (Lipinski definition) is 5. The van der Waals surface area contributed by atoms with E-state index in [1.54, 1.807) is 11.7 Å². The Kier molecular flexibility index (Phi) is 3.50. The highest BCUT2D eigenvalue weighted by atomic mass is 32.2. The van der Waals surface area contributed by atoms with Crippen molar-refractivity contribution in [1.29, 1.82) is 0 Å². The first kappa shape index (κ1) is 14.8. The lowest BCUT2D eigenvalue weighted by Gasteiger charge is -2.11. The number of thioether (sulfide) groups is 1. The molecular formula is C17H14N4O2S. The van der Waals surface area contributed by atoms with Gasteiger partial charge >= 0.3 is 0 Å². The van der Waals surface area contributed by atoms with Crippen LogP contribution in [0.5, 0.6) is 5.75 Å². The van der Waals surface area contributed by atoms with Gasteiger partial charge in [-0.25, -0.2) is 4.57 Å². The Morgan fingerprint density at radius 2 is 1.92 bits per heavy atom. The van der Waals surface area contributed by atoms with E-state index in [4.69, 9.17) is 4.74 Å². The Bertz CT molecular complexity index is 1120. The van der Waals surface area contributed by atoms with Crippen molar-refractivity contribution < 1.29 is 4.74 Å². The summed E-state index contributed by atoms with van der Waals surface area (Å²) in [5.41, 5.74) is 1.35. The first-order valence-electron chi connectivity index (χ1n) is 7.32. The molecule has 4 aromatic rings. The zero-order chi connectivity index (χ0) is 16.7. The molecule has 6 nitrogen and oxygen atoms in total. The molecule has 0 saturated heterocycles. The van der Waals surface area contributed by atoms with Crippen LogP contribution in [-0.2, 0) is 0 Å². The molecule has 120 valence electrons. The van der Waals surface area contributed by atoms with Crippen LogP contribution in [0.2, 0.25) is 0 Å². The highest BCUT2D eigenvalue weighted by Crippen LogP contribution is 2.23. The number of benzene rings is 2. The van der Waals surface area contributed by atoms with Crippen molar-refractivity contribution in [3.05, 3.63) is 58.9 Å². The van der Waals surface area contributed by atoms with Gasteiger partial charge in [0.05, 0.1) is 23.7 Å². The maximum absolute atomic E-state index is 13.1. The number of nitrogens with zero attached hydrogens (tertiary/aromatic N) is 4. The molecule has 2 aromatic carbocycles. The van der Waals surface area contributed by atoms with Gasteiger partial charge in [-0.15, -0.1) is 10.2 Å². The van der Waals surface area contributed by atoms with Crippen molar-refractivity contribution in [2.45, 2.75) is 5.16 Å². The predicted octanol–water partition coefficient (Wildman–Crippen LogP) is 2.76. The van der Waals surface area contributed by atoms with Crippen molar-refractivity contribution in [2.24, 2.45) is 0 Å². The Balaban J connectivity index is 2.20. The molecule has 0 radical (unpaired) electrons. The average molecular weight is 338 g/mol. The molecule has 0 N–H and O–H groups in total. The Morgan fingerprint density at radius 3 is 2.71 bits per heavy atom. The van der Waals surface area contributed by atoms with Crippen molar-refractivity contribution in [1.82, 2.24) is 19.2 Å². The van der Waals surface area contributed by atoms with Gasteiger partial charge < -0.3 is 4.74 Å². The quantitative estimate of drug-likeness (QED) is 0.538. The monoisotopic (exact) mass is 338 g/mol. The van der Waals surface area contributed by atoms with E-state index in [9.17, 15) is 4.79 Å². The number of methoxy groups -OCH3 is 1. The third kappa shape index (κ3) is 2.09. The molecule has 0 aliphatic carbocycles. The van der Waals surface area contributed by atoms with Gasteiger partial charge in [-0.1, -0.05) is 30.0 Å². The standard InChI is InChI=1S/C17H14N4O2S/c1-23-12-7-5-6-11(10-12)20-15(22)13-8-3-4-9-14(13)21-16(20)18-19-17(21)24-2/h3-10H,1-2H3. The second-order valence-electron chi connectivity index (χ2n) is 5.18. The number of para-hydroxylation sites is 1. The summed E-state index contributed by atoms with van der Waals surface area (Å²) in [6.45, 7) is 0. The van der Waals surface area contributed by atoms with Gasteiger partial charge in [0, 0.05) is 6.07 Å². The Hall–Kier alpha value is -2.80. The number of fused-ring (bicyclic) bond motifs is 3. The highest BCUT2D eigenvalue weighted by Gasteiger charge is 2.17. The zero-order valence-corrected chi connectivity index (χ0v) is 13.9. The lowest BCUT2D eigenvalue weighted by Crippen LogP contribution is -2.21. The fourth-order valence-corrected chi connectivity index (χ4v) is 3.28. The van der Waals surface area contributed by atoms with E-state index in [2.05, 4.69) is 10.2 Å². The van der Waals surface area contributed by atoms with Crippen LogP contribution < -0.4 is 10.3 Å². The molecule has 0 aliphatic heterocycles. The third-order valence-electron chi connectivity index (χ3n) is 3.89. The number of hydrogen-bond donors (Lipinski definition) is 0. The van der Waals surface area contributed by atoms with Crippen molar-refractivity contribution in [3.8, 4) is 11.4 Å². The van der Waals surface area contributed by atoms with E-state index in [1.807, 2.05) is 59.2 Å². The molecule has 7 heteroatoms. The van der Waals surface area contributed by atoms with E-state index in [1.165, 1.54) is 11.8 Å². The van der Waals surface area contributed by atoms with Crippen LogP contribution in [0.1, 0.15) is 0 Å². The van der Waals surface area contributed by atoms with Gasteiger partial charge in [-0.05, 0) is 30.5 Å². The molecule has 0 fully saturated rings. The highest BCUT2D eigenvalue weighted by molar-refractivity contribution is 7.98. The van der Waals surface area contributed by atoms with Crippen LogP contribution in [0.4, 0.5) is 0 Å². The van der Waals surface area contributed by atoms with E-state index < -0.39 is 0 Å². The normalized spacial score (nSPS) is 11.2. The van der Waals surface area contributed by atoms with Crippen molar-refractivity contribution in [2.75, 3.05) is 13.4 Å². The minimum Gasteiger partial charge on any atom is -0.497 e. The maximum atomic E-state index is 13.1. The van der Waals surface area contributed by atoms with E-state index >= 15 is 0 Å². The van der Waals surface area contributed by atoms with Crippen LogP contribution in [0.3, 0.4) is 0 Å². The fraction of sp³-hybridized carbons (Fsp3) is 0.118. The van der Waals surface area contributed by atoms with Gasteiger partial charge in [-0.2, -0.15) is 0 Å². The van der Waals surface area contributed by atoms with E-state index in [0.29, 0.717) is 22.6 Å². The Morgan fingerprint density at radius 1 is 1.08 bits per heavy atom. The van der Waals surface area contributed by atoms with Crippen LogP contribution in [-0.4, -0.2) is 32.5 Å². The van der Waals surface area contributed by atoms with Crippen LogP contribution in [0.15, 0.2) is 58.5 Å². The number of ether oxygens (including phenoxy) is 1. The smallest absolute Gasteiger partial charge is 0.267 e. The molecule has 0 atom stereocenters. The average Bonchev–Trinajstić information content (AvgIpc) is 3.06. The molecule has 0 unspecified atom stereocenters. The number of rotatable bonds is 3. The molecule has 0 spiro atoms. The minimum atomic E-state index is -0.133. The largest absolute Gasteiger partial charge is 0.497 e. The third-order valence-corrected chi connectivity index (χ3v) is 4.52. The van der Waals surface area contributed by atoms with Crippen LogP contribution in [0.25, 0.3) is 22.4 Å². The van der Waals surface area contributed by atoms with Crippen LogP contribution >= 0.6 is 11.8 Å². The molecule has 0 amide bonds. The van der Waals surface area contributed by atoms with E-state index in [-0.39, 0.29) is 5.56 Å². The van der Waals surface area contributed by atoms with Gasteiger partial charge in [0.1, 0.15) is 5.75 Å². The topological polar surface area (TPSA) is 61.4 Å². The van der Waals surface area contributed by atoms with Gasteiger partial charge in [0.2, 0.25) is 5.78 Å². The summed E-state index contributed by atoms with van der Waals surface area (Å²) in [7, 11) is 1.60. The fourth-order valence-electron chi connectivity index (χ4n) is 2.79. The summed E-state index contributed by atoms with van der Waals surface area (Å²) < 4.78 is 8.75. The molecule has 4 rings (SSSR count). The summed E-state index contributed by atoms with van der Waals surface area (Å²) >= 11 is 1.49. The number of aromatic nitrogens is 4. The molecule has 2 aromatic heterocycles. The lowest BCUT2D eigenvalue weighted by molar-refractivity contribution is 0.414. The van der Waals surface area contributed by atoms with Gasteiger partial charge in [0.25, 0.3) is 5.56 Å². The van der Waals surface area contributed by atoms with Crippen molar-refractivity contribution >= 4 is 28.4 Å². The first-order valence-corrected chi connectivity index (χ1v) is 8.54. The lowest BCUT2D eigenvalue weighted by atomic mass is 10.2. The second kappa shape index (κ2) is 5.68.